The molecule has 3 aromatic rings. The molecule has 2 aromatic carbocycles. The number of amides is 1. The molecule has 3 N–H and O–H groups in total. The fraction of sp³-hybridized carbons (Fsp3) is 0.118. The SMILES string of the molecule is Nc1nnnn1CC(=O)N/N=C/c1cc(Br)ccc1OCc1ccccc1. The van der Waals surface area contributed by atoms with E-state index in [9.17, 15) is 4.79 Å². The van der Waals surface area contributed by atoms with Crippen LogP contribution in [-0.4, -0.2) is 32.3 Å². The van der Waals surface area contributed by atoms with Gasteiger partial charge in [0.25, 0.3) is 5.91 Å². The zero-order chi connectivity index (χ0) is 19.1. The molecule has 0 atom stereocenters. The highest BCUT2D eigenvalue weighted by molar-refractivity contribution is 9.10. The Bertz CT molecular complexity index is 943. The first-order chi connectivity index (χ1) is 13.1. The third-order valence-electron chi connectivity index (χ3n) is 3.45. The number of carbonyl (C=O) groups excluding carboxylic acids is 1. The molecule has 0 unspecified atom stereocenters. The maximum absolute atomic E-state index is 11.9. The highest BCUT2D eigenvalue weighted by Crippen LogP contribution is 2.22. The minimum Gasteiger partial charge on any atom is -0.488 e. The smallest absolute Gasteiger partial charge is 0.261 e. The number of nitrogens with one attached hydrogen (secondary N) is 1. The standard InChI is InChI=1S/C17H16BrN7O2/c18-14-6-7-15(27-11-12-4-2-1-3-5-12)13(8-14)9-20-21-16(26)10-25-17(19)22-23-24-25/h1-9H,10-11H2,(H,21,26)(H2,19,22,24)/b20-9+. The molecule has 1 heterocycles. The molecular formula is C17H16BrN7O2. The van der Waals surface area contributed by atoms with Crippen molar-refractivity contribution in [3.8, 4) is 5.75 Å². The van der Waals surface area contributed by atoms with Crippen LogP contribution in [0.25, 0.3) is 0 Å². The number of nitrogens with two attached hydrogens (primary N) is 1. The first-order valence-electron chi connectivity index (χ1n) is 7.91. The number of rotatable bonds is 7. The van der Waals surface area contributed by atoms with Crippen molar-refractivity contribution in [2.24, 2.45) is 5.10 Å². The lowest BCUT2D eigenvalue weighted by Gasteiger charge is -2.09. The van der Waals surface area contributed by atoms with Crippen molar-refractivity contribution in [1.29, 1.82) is 0 Å². The van der Waals surface area contributed by atoms with Crippen molar-refractivity contribution in [3.05, 3.63) is 64.1 Å². The zero-order valence-electron chi connectivity index (χ0n) is 14.1. The molecule has 0 bridgehead atoms. The second-order valence-corrected chi connectivity index (χ2v) is 6.36. The van der Waals surface area contributed by atoms with E-state index in [4.69, 9.17) is 10.5 Å². The van der Waals surface area contributed by atoms with Crippen LogP contribution in [0.3, 0.4) is 0 Å². The lowest BCUT2D eigenvalue weighted by molar-refractivity contribution is -0.121. The molecule has 0 aliphatic carbocycles. The van der Waals surface area contributed by atoms with Crippen molar-refractivity contribution < 1.29 is 9.53 Å². The number of hydrogen-bond acceptors (Lipinski definition) is 7. The second-order valence-electron chi connectivity index (χ2n) is 5.44. The van der Waals surface area contributed by atoms with Gasteiger partial charge in [0.2, 0.25) is 5.95 Å². The number of tetrazole rings is 1. The van der Waals surface area contributed by atoms with E-state index in [1.807, 2.05) is 48.5 Å². The molecule has 10 heteroatoms. The number of halogens is 1. The van der Waals surface area contributed by atoms with Crippen molar-refractivity contribution in [3.63, 3.8) is 0 Å². The minimum atomic E-state index is -0.410. The van der Waals surface area contributed by atoms with Crippen LogP contribution in [-0.2, 0) is 17.9 Å². The molecule has 0 saturated heterocycles. The summed E-state index contributed by atoms with van der Waals surface area (Å²) in [5.41, 5.74) is 9.68. The summed E-state index contributed by atoms with van der Waals surface area (Å²) in [5, 5.41) is 14.4. The van der Waals surface area contributed by atoms with E-state index >= 15 is 0 Å². The molecule has 0 aliphatic rings. The van der Waals surface area contributed by atoms with E-state index in [0.717, 1.165) is 10.0 Å². The van der Waals surface area contributed by atoms with Crippen LogP contribution >= 0.6 is 15.9 Å². The van der Waals surface area contributed by atoms with Gasteiger partial charge in [-0.05, 0) is 34.2 Å². The molecule has 27 heavy (non-hydrogen) atoms. The molecule has 138 valence electrons. The molecule has 0 fully saturated rings. The molecular weight excluding hydrogens is 414 g/mol. The Morgan fingerprint density at radius 1 is 1.30 bits per heavy atom. The van der Waals surface area contributed by atoms with Crippen LogP contribution in [0.5, 0.6) is 5.75 Å². The van der Waals surface area contributed by atoms with Gasteiger partial charge < -0.3 is 10.5 Å². The molecule has 3 rings (SSSR count). The summed E-state index contributed by atoms with van der Waals surface area (Å²) in [6.45, 7) is 0.292. The third kappa shape index (κ3) is 5.35. The molecule has 0 saturated carbocycles. The normalized spacial score (nSPS) is 10.9. The summed E-state index contributed by atoms with van der Waals surface area (Å²) in [6, 6.07) is 15.4. The van der Waals surface area contributed by atoms with Gasteiger partial charge in [0, 0.05) is 10.0 Å². The third-order valence-corrected chi connectivity index (χ3v) is 3.95. The Morgan fingerprint density at radius 3 is 2.85 bits per heavy atom. The van der Waals surface area contributed by atoms with E-state index in [1.54, 1.807) is 0 Å². The van der Waals surface area contributed by atoms with Crippen molar-refractivity contribution >= 4 is 34.0 Å². The van der Waals surface area contributed by atoms with Gasteiger partial charge in [-0.1, -0.05) is 51.4 Å². The number of anilines is 1. The Kier molecular flexibility index (Phi) is 6.10. The van der Waals surface area contributed by atoms with E-state index in [1.165, 1.54) is 10.9 Å². The van der Waals surface area contributed by atoms with Crippen LogP contribution < -0.4 is 15.9 Å². The summed E-state index contributed by atoms with van der Waals surface area (Å²) in [6.07, 6.45) is 1.51. The molecule has 0 aliphatic heterocycles. The van der Waals surface area contributed by atoms with E-state index in [0.29, 0.717) is 17.9 Å². The lowest BCUT2D eigenvalue weighted by atomic mass is 10.2. The number of aromatic nitrogens is 4. The van der Waals surface area contributed by atoms with Crippen LogP contribution in [0, 0.1) is 0 Å². The van der Waals surface area contributed by atoms with Gasteiger partial charge in [-0.15, -0.1) is 0 Å². The largest absolute Gasteiger partial charge is 0.488 e. The Labute approximate surface area is 163 Å². The minimum absolute atomic E-state index is 0.0534. The van der Waals surface area contributed by atoms with Gasteiger partial charge in [-0.25, -0.2) is 10.1 Å². The average Bonchev–Trinajstić information content (AvgIpc) is 3.06. The maximum atomic E-state index is 11.9. The van der Waals surface area contributed by atoms with Crippen molar-refractivity contribution in [1.82, 2.24) is 25.6 Å². The quantitative estimate of drug-likeness (QED) is 0.435. The Balaban J connectivity index is 1.63. The second kappa shape index (κ2) is 8.90. The van der Waals surface area contributed by atoms with Crippen LogP contribution in [0.1, 0.15) is 11.1 Å². The highest BCUT2D eigenvalue weighted by atomic mass is 79.9. The number of nitrogens with zero attached hydrogens (tertiary/aromatic N) is 5. The summed E-state index contributed by atoms with van der Waals surface area (Å²) >= 11 is 3.42. The van der Waals surface area contributed by atoms with Crippen molar-refractivity contribution in [2.75, 3.05) is 5.73 Å². The predicted octanol–water partition coefficient (Wildman–Crippen LogP) is 1.75. The number of nitrogen functional groups attached to an aromatic ring is 1. The summed E-state index contributed by atoms with van der Waals surface area (Å²) in [5.74, 6) is 0.287. The van der Waals surface area contributed by atoms with Gasteiger partial charge in [0.05, 0.1) is 6.21 Å². The number of benzene rings is 2. The fourth-order valence-electron chi connectivity index (χ4n) is 2.16. The first-order valence-corrected chi connectivity index (χ1v) is 8.71. The van der Waals surface area contributed by atoms with Gasteiger partial charge in [-0.3, -0.25) is 4.79 Å². The highest BCUT2D eigenvalue weighted by Gasteiger charge is 2.07. The van der Waals surface area contributed by atoms with Gasteiger partial charge in [0.15, 0.2) is 0 Å². The number of hydrogen-bond donors (Lipinski definition) is 2. The topological polar surface area (TPSA) is 120 Å². The number of ether oxygens (including phenoxy) is 1. The van der Waals surface area contributed by atoms with Crippen LogP contribution in [0.4, 0.5) is 5.95 Å². The summed E-state index contributed by atoms with van der Waals surface area (Å²) < 4.78 is 7.89. The van der Waals surface area contributed by atoms with Gasteiger partial charge in [0.1, 0.15) is 18.9 Å². The van der Waals surface area contributed by atoms with E-state index in [2.05, 4.69) is 42.0 Å². The lowest BCUT2D eigenvalue weighted by Crippen LogP contribution is -2.24. The summed E-state index contributed by atoms with van der Waals surface area (Å²) in [7, 11) is 0. The summed E-state index contributed by atoms with van der Waals surface area (Å²) in [4.78, 5) is 11.9. The maximum Gasteiger partial charge on any atom is 0.261 e. The van der Waals surface area contributed by atoms with Gasteiger partial charge >= 0.3 is 0 Å². The number of hydrazone groups is 1. The Hall–Kier alpha value is -3.27. The van der Waals surface area contributed by atoms with Crippen LogP contribution in [0.15, 0.2) is 58.1 Å². The zero-order valence-corrected chi connectivity index (χ0v) is 15.7. The molecule has 0 radical (unpaired) electrons. The Morgan fingerprint density at radius 2 is 2.11 bits per heavy atom. The molecule has 0 spiro atoms. The average molecular weight is 430 g/mol. The monoisotopic (exact) mass is 429 g/mol. The predicted molar refractivity (Wildman–Crippen MR) is 103 cm³/mol. The number of carbonyl (C=O) groups is 1. The van der Waals surface area contributed by atoms with E-state index < -0.39 is 5.91 Å². The molecule has 1 amide bonds. The molecule has 1 aromatic heterocycles. The van der Waals surface area contributed by atoms with E-state index in [-0.39, 0.29) is 12.5 Å². The first kappa shape index (κ1) is 18.5. The van der Waals surface area contributed by atoms with Crippen LogP contribution in [0.2, 0.25) is 0 Å². The fourth-order valence-corrected chi connectivity index (χ4v) is 2.54. The van der Waals surface area contributed by atoms with Gasteiger partial charge in [-0.2, -0.15) is 5.10 Å². The molecule has 9 nitrogen and oxygen atoms in total. The van der Waals surface area contributed by atoms with Crippen molar-refractivity contribution in [2.45, 2.75) is 13.2 Å².